The van der Waals surface area contributed by atoms with E-state index < -0.39 is 138 Å². The van der Waals surface area contributed by atoms with Crippen LogP contribution in [0.5, 0.6) is 0 Å². The average molecular weight is 1950 g/mol. The van der Waals surface area contributed by atoms with E-state index in [4.69, 9.17) is 44.5 Å². The van der Waals surface area contributed by atoms with Gasteiger partial charge in [0.05, 0.1) is 68.0 Å². The van der Waals surface area contributed by atoms with Gasteiger partial charge in [0.1, 0.15) is 44.6 Å². The summed E-state index contributed by atoms with van der Waals surface area (Å²) in [6.45, 7) is 6.08. The lowest BCUT2D eigenvalue weighted by Crippen LogP contribution is -2.65. The van der Waals surface area contributed by atoms with Crippen molar-refractivity contribution in [2.24, 2.45) is 5.84 Å². The number of carbonyl (C=O) groups excluding carboxylic acids is 18. The molecule has 139 heavy (non-hydrogen) atoms. The van der Waals surface area contributed by atoms with Crippen molar-refractivity contribution in [1.82, 2.24) is 97.7 Å². The standard InChI is InChI=1S/C27H32N4O8.C14H18N2O4.C13H16N2O4.C12H20N4O6.C12H18N4O5.C10H16N4O4/c1-20(32)28-29(17-15-24(33)38-18-21-10-5-3-6-11-21)26(35)31-23(25(34)37-2)14-9-16-30(31)27(36)39-19-22-12-7-4-8-13-22;1-19-13(17)12-8-5-9-16(15-12)14(18)20-10-11-6-3-2-4-7-11;16-12(17)11-7-4-8-15(14-11)13(18)19-9-10-5-2-1-3-6-10;1-8(17)14-15(7-5-10(18)19)12(21)16-9(11(20)22-2)4-3-6-13-16;1-8(17)13-14-7-5-10(18)15-6-3-4-9(11(19)21-2)16(15)12(14)20;1-18-9(16)7-3-2-5-13-8(15)4-6-12(11)10(17)14(7)13/h3-8,10-13,23H,9,14-19H2,1-2H3,(H,28,32);2-4,6-7,12,15H,5,8-10H2,1H3;1-3,5-6,11,14H,4,7-9H2,(H,16,17);9,13H,3-7H2,1-2H3,(H,14,17)(H,18,19);9H,3-7H2,1-2H3,(H,13,17);7H,2-6,11H2,1H3/t23-;12-;11-;2*9-;7-/m000000/s1. The maximum absolute atomic E-state index is 13.7. The number of nitrogens with two attached hydrogens (primary N) is 1. The minimum atomic E-state index is -1.15. The molecule has 4 aromatic rings. The number of esters is 6. The second-order valence-electron chi connectivity index (χ2n) is 31.4. The van der Waals surface area contributed by atoms with Crippen molar-refractivity contribution in [3.8, 4) is 0 Å². The number of hydrazine groups is 10. The van der Waals surface area contributed by atoms with E-state index in [0.717, 1.165) is 73.8 Å². The van der Waals surface area contributed by atoms with E-state index >= 15 is 0 Å². The first-order valence-corrected chi connectivity index (χ1v) is 44.4. The first-order valence-electron chi connectivity index (χ1n) is 44.4. The van der Waals surface area contributed by atoms with Crippen LogP contribution in [0.25, 0.3) is 0 Å². The number of carboxylic acid groups (broad SMARTS) is 2. The van der Waals surface area contributed by atoms with Crippen LogP contribution in [-0.4, -0.2) is 332 Å². The first-order chi connectivity index (χ1) is 66.5. The second kappa shape index (κ2) is 56.9. The molecule has 51 heteroatoms. The molecule has 0 radical (unpaired) electrons. The van der Waals surface area contributed by atoms with Gasteiger partial charge < -0.3 is 52.8 Å². The number of nitrogens with zero attached hydrogens (tertiary/aromatic N) is 13. The van der Waals surface area contributed by atoms with Gasteiger partial charge in [-0.15, -0.1) is 0 Å². The highest BCUT2D eigenvalue weighted by molar-refractivity contribution is 5.92. The number of carboxylic acids is 2. The third-order valence-electron chi connectivity index (χ3n) is 21.4. The number of rotatable bonds is 21. The van der Waals surface area contributed by atoms with Crippen LogP contribution in [0.2, 0.25) is 0 Å². The number of hydrogen-bond donors (Lipinski definition) is 9. The highest BCUT2D eigenvalue weighted by Crippen LogP contribution is 2.28. The Bertz CT molecular complexity index is 4870. The lowest BCUT2D eigenvalue weighted by atomic mass is 10.1. The van der Waals surface area contributed by atoms with Crippen molar-refractivity contribution >= 4 is 120 Å². The van der Waals surface area contributed by atoms with Crippen molar-refractivity contribution in [3.63, 3.8) is 0 Å². The third-order valence-corrected chi connectivity index (χ3v) is 21.4. The van der Waals surface area contributed by atoms with E-state index in [1.807, 2.05) is 84.9 Å². The zero-order valence-electron chi connectivity index (χ0n) is 78.3. The number of nitrogens with one attached hydrogen (secondary N) is 6. The minimum Gasteiger partial charge on any atom is -0.481 e. The van der Waals surface area contributed by atoms with Gasteiger partial charge >= 0.3 is 90.2 Å². The SMILES string of the molecule is COC(=O)[C@@H]1CCCN(C(=O)OCc2ccccc2)N1.COC(=O)[C@@H]1CCCN(C(=O)OCc2ccccc2)N1C(=O)N(CCC(=O)OCc1ccccc1)NC(C)=O.COC(=O)[C@@H]1CCCN2C(=O)CCN(N)C(=O)N12.COC(=O)[C@@H]1CCCN2C(=O)CCN(NC(C)=O)C(=O)N12.COC(=O)[C@@H]1CCCNN1C(=O)N(CCC(=O)O)NC(C)=O.O=C(O)[C@@H]1CCCN(C(=O)OCc2ccccc2)N1. The van der Waals surface area contributed by atoms with Crippen molar-refractivity contribution in [1.29, 1.82) is 0 Å². The fraction of sp³-hybridized carbons (Fsp3) is 0.500. The average Bonchev–Trinajstić information content (AvgIpc) is 1.73. The van der Waals surface area contributed by atoms with Gasteiger partial charge in [0.25, 0.3) is 0 Å². The van der Waals surface area contributed by atoms with E-state index in [-0.39, 0.29) is 109 Å². The Balaban J connectivity index is 0.000000233. The number of amides is 16. The summed E-state index contributed by atoms with van der Waals surface area (Å²) < 4.78 is 44.6. The number of fused-ring (bicyclic) bond motifs is 2. The highest BCUT2D eigenvalue weighted by Gasteiger charge is 2.48. The van der Waals surface area contributed by atoms with Gasteiger partial charge in [-0.3, -0.25) is 64.4 Å². The van der Waals surface area contributed by atoms with E-state index in [2.05, 4.69) is 46.8 Å². The zero-order chi connectivity index (χ0) is 102. The van der Waals surface area contributed by atoms with Crippen molar-refractivity contribution in [3.05, 3.63) is 144 Å². The molecule has 758 valence electrons. The Morgan fingerprint density at radius 2 is 0.806 bits per heavy atom. The number of hydrogen-bond acceptors (Lipinski definition) is 33. The van der Waals surface area contributed by atoms with Crippen LogP contribution in [0.1, 0.15) is 146 Å². The maximum atomic E-state index is 13.7. The number of aliphatic carboxylic acids is 2. The Labute approximate surface area is 799 Å². The number of ether oxygens (including phenoxy) is 9. The third kappa shape index (κ3) is 34.5. The molecule has 0 aliphatic carbocycles. The molecule has 8 fully saturated rings. The summed E-state index contributed by atoms with van der Waals surface area (Å²) in [7, 11) is 6.21. The molecule has 0 bridgehead atoms. The van der Waals surface area contributed by atoms with Gasteiger partial charge in [-0.1, -0.05) is 121 Å². The normalized spacial score (nSPS) is 18.8. The topological polar surface area (TPSA) is 605 Å². The highest BCUT2D eigenvalue weighted by atomic mass is 16.6. The summed E-state index contributed by atoms with van der Waals surface area (Å²) in [4.78, 5) is 239. The van der Waals surface area contributed by atoms with Crippen LogP contribution < -0.4 is 38.4 Å². The monoisotopic (exact) mass is 1950 g/mol. The molecule has 4 aromatic carbocycles. The smallest absolute Gasteiger partial charge is 0.429 e. The maximum Gasteiger partial charge on any atom is 0.429 e. The Hall–Kier alpha value is -15.3. The molecule has 0 spiro atoms. The number of carbonyl (C=O) groups is 20. The van der Waals surface area contributed by atoms with Crippen LogP contribution in [0, 0.1) is 0 Å². The first kappa shape index (κ1) is 111. The quantitative estimate of drug-likeness (QED) is 0.0190. The number of urea groups is 4. The largest absolute Gasteiger partial charge is 0.481 e. The van der Waals surface area contributed by atoms with Crippen LogP contribution in [0.15, 0.2) is 121 Å². The molecule has 10 N–H and O–H groups in total. The summed E-state index contributed by atoms with van der Waals surface area (Å²) in [5, 5.41) is 31.7. The van der Waals surface area contributed by atoms with E-state index in [1.165, 1.54) is 76.4 Å². The molecule has 51 nitrogen and oxygen atoms in total. The molecule has 8 aliphatic rings. The van der Waals surface area contributed by atoms with Gasteiger partial charge in [0, 0.05) is 79.4 Å². The van der Waals surface area contributed by atoms with Crippen LogP contribution >= 0.6 is 0 Å². The fourth-order valence-corrected chi connectivity index (χ4v) is 14.6. The molecule has 8 saturated heterocycles. The molecule has 6 atom stereocenters. The summed E-state index contributed by atoms with van der Waals surface area (Å²) in [6.07, 6.45) is 4.13. The van der Waals surface area contributed by atoms with Crippen molar-refractivity contribution in [2.75, 3.05) is 101 Å². The molecule has 0 saturated carbocycles. The van der Waals surface area contributed by atoms with Crippen molar-refractivity contribution in [2.45, 2.75) is 186 Å². The van der Waals surface area contributed by atoms with E-state index in [1.54, 1.807) is 36.4 Å². The Kier molecular flexibility index (Phi) is 45.3. The Morgan fingerprint density at radius 3 is 1.26 bits per heavy atom. The van der Waals surface area contributed by atoms with Gasteiger partial charge in [-0.2, -0.15) is 0 Å². The summed E-state index contributed by atoms with van der Waals surface area (Å²) in [5.41, 5.74) is 18.6. The van der Waals surface area contributed by atoms with Gasteiger partial charge in [0.15, 0.2) is 18.1 Å². The molecule has 0 unspecified atom stereocenters. The molecule has 12 rings (SSSR count). The van der Waals surface area contributed by atoms with Crippen LogP contribution in [-0.2, 0) is 131 Å². The number of methoxy groups -OCH3 is 5. The van der Waals surface area contributed by atoms with Crippen molar-refractivity contribution < 1.29 is 149 Å². The van der Waals surface area contributed by atoms with E-state index in [0.29, 0.717) is 96.9 Å². The molecule has 8 heterocycles. The molecule has 16 amide bonds. The summed E-state index contributed by atoms with van der Waals surface area (Å²) in [6, 6.07) is 29.2. The lowest BCUT2D eigenvalue weighted by Gasteiger charge is -2.43. The van der Waals surface area contributed by atoms with E-state index in [9.17, 15) is 95.9 Å². The predicted molar refractivity (Wildman–Crippen MR) is 477 cm³/mol. The zero-order valence-corrected chi connectivity index (χ0v) is 78.3. The van der Waals surface area contributed by atoms with Gasteiger partial charge in [0.2, 0.25) is 29.5 Å². The minimum absolute atomic E-state index is 0.0470. The molecule has 0 aromatic heterocycles. The Morgan fingerprint density at radius 1 is 0.417 bits per heavy atom. The van der Waals surface area contributed by atoms with Gasteiger partial charge in [-0.05, 0) is 99.3 Å². The second-order valence-corrected chi connectivity index (χ2v) is 31.4. The van der Waals surface area contributed by atoms with Crippen LogP contribution in [0.3, 0.4) is 0 Å². The summed E-state index contributed by atoms with van der Waals surface area (Å²) in [5.74, 6) is -1.92. The molecule has 8 aliphatic heterocycles. The molecular formula is C88H120N20O31. The lowest BCUT2D eigenvalue weighted by molar-refractivity contribution is -0.165. The fourth-order valence-electron chi connectivity index (χ4n) is 14.6. The van der Waals surface area contributed by atoms with Gasteiger partial charge in [-0.25, -0.2) is 135 Å². The summed E-state index contributed by atoms with van der Waals surface area (Å²) >= 11 is 0. The predicted octanol–water partition coefficient (Wildman–Crippen LogP) is 3.01. The molecular weight excluding hydrogens is 1830 g/mol. The number of benzene rings is 4. The van der Waals surface area contributed by atoms with Crippen LogP contribution in [0.4, 0.5) is 33.6 Å².